The summed E-state index contributed by atoms with van der Waals surface area (Å²) in [6.07, 6.45) is 3.68. The van der Waals surface area contributed by atoms with Gasteiger partial charge in [-0.25, -0.2) is 0 Å². The molecule has 0 aromatic heterocycles. The number of aliphatic hydroxyl groups excluding tert-OH is 1. The quantitative estimate of drug-likeness (QED) is 0.888. The number of hydrogen-bond acceptors (Lipinski definition) is 2. The first-order valence-electron chi connectivity index (χ1n) is 6.35. The van der Waals surface area contributed by atoms with Gasteiger partial charge in [-0.3, -0.25) is 0 Å². The predicted molar refractivity (Wildman–Crippen MR) is 80.8 cm³/mol. The molecule has 18 heavy (non-hydrogen) atoms. The van der Waals surface area contributed by atoms with E-state index in [0.29, 0.717) is 22.4 Å². The van der Waals surface area contributed by atoms with Gasteiger partial charge < -0.3 is 5.11 Å². The van der Waals surface area contributed by atoms with Crippen LogP contribution < -0.4 is 0 Å². The first-order valence-corrected chi connectivity index (χ1v) is 8.26. The normalized spacial score (nSPS) is 18.8. The van der Waals surface area contributed by atoms with E-state index in [1.807, 2.05) is 23.9 Å². The molecule has 2 rings (SSSR count). The molecule has 0 aliphatic carbocycles. The first-order chi connectivity index (χ1) is 8.65. The molecular formula is C14H18Cl2OS. The number of rotatable bonds is 4. The van der Waals surface area contributed by atoms with Crippen molar-refractivity contribution >= 4 is 35.0 Å². The Morgan fingerprint density at radius 1 is 1.28 bits per heavy atom. The highest BCUT2D eigenvalue weighted by Crippen LogP contribution is 2.28. The van der Waals surface area contributed by atoms with E-state index in [0.717, 1.165) is 12.0 Å². The van der Waals surface area contributed by atoms with Crippen LogP contribution in [-0.2, 0) is 6.42 Å². The molecule has 0 spiro atoms. The number of benzene rings is 1. The Morgan fingerprint density at radius 3 is 2.67 bits per heavy atom. The van der Waals surface area contributed by atoms with Crippen molar-refractivity contribution in [2.75, 3.05) is 11.5 Å². The molecule has 0 bridgehead atoms. The van der Waals surface area contributed by atoms with Gasteiger partial charge in [0, 0.05) is 10.0 Å². The monoisotopic (exact) mass is 304 g/mol. The van der Waals surface area contributed by atoms with Gasteiger partial charge >= 0.3 is 0 Å². The van der Waals surface area contributed by atoms with Gasteiger partial charge in [0.1, 0.15) is 0 Å². The minimum atomic E-state index is -0.295. The lowest BCUT2D eigenvalue weighted by molar-refractivity contribution is 0.139. The Bertz CT molecular complexity index is 391. The highest BCUT2D eigenvalue weighted by Gasteiger charge is 2.18. The third-order valence-electron chi connectivity index (χ3n) is 3.42. The second kappa shape index (κ2) is 7.04. The van der Waals surface area contributed by atoms with E-state index in [1.54, 1.807) is 6.07 Å². The lowest BCUT2D eigenvalue weighted by atomic mass is 9.93. The zero-order valence-corrected chi connectivity index (χ0v) is 12.6. The maximum absolute atomic E-state index is 10.2. The average molecular weight is 305 g/mol. The van der Waals surface area contributed by atoms with Gasteiger partial charge in [-0.05, 0) is 60.8 Å². The van der Waals surface area contributed by atoms with Crippen molar-refractivity contribution in [1.29, 1.82) is 0 Å². The molecule has 1 atom stereocenters. The van der Waals surface area contributed by atoms with Crippen molar-refractivity contribution in [2.45, 2.75) is 31.8 Å². The minimum Gasteiger partial charge on any atom is -0.393 e. The van der Waals surface area contributed by atoms with Gasteiger partial charge in [0.15, 0.2) is 0 Å². The lowest BCUT2D eigenvalue weighted by Crippen LogP contribution is -2.19. The van der Waals surface area contributed by atoms with Crippen molar-refractivity contribution in [2.24, 2.45) is 5.92 Å². The molecular weight excluding hydrogens is 287 g/mol. The maximum atomic E-state index is 10.2. The summed E-state index contributed by atoms with van der Waals surface area (Å²) >= 11 is 14.0. The third kappa shape index (κ3) is 4.34. The number of aliphatic hydroxyl groups is 1. The lowest BCUT2D eigenvalue weighted by Gasteiger charge is -2.24. The summed E-state index contributed by atoms with van der Waals surface area (Å²) in [5.41, 5.74) is 0.985. The average Bonchev–Trinajstić information content (AvgIpc) is 2.34. The molecule has 0 amide bonds. The van der Waals surface area contributed by atoms with Crippen molar-refractivity contribution in [3.8, 4) is 0 Å². The van der Waals surface area contributed by atoms with E-state index in [-0.39, 0.29) is 6.10 Å². The third-order valence-corrected chi connectivity index (χ3v) is 5.05. The fourth-order valence-corrected chi connectivity index (χ4v) is 4.08. The summed E-state index contributed by atoms with van der Waals surface area (Å²) in [6, 6.07) is 5.47. The minimum absolute atomic E-state index is 0.295. The molecule has 1 saturated heterocycles. The van der Waals surface area contributed by atoms with Gasteiger partial charge in [0.25, 0.3) is 0 Å². The molecule has 1 aliphatic heterocycles. The van der Waals surface area contributed by atoms with E-state index in [4.69, 9.17) is 23.2 Å². The topological polar surface area (TPSA) is 20.2 Å². The van der Waals surface area contributed by atoms with Crippen LogP contribution in [-0.4, -0.2) is 22.7 Å². The summed E-state index contributed by atoms with van der Waals surface area (Å²) in [5, 5.41) is 11.4. The van der Waals surface area contributed by atoms with E-state index in [2.05, 4.69) is 0 Å². The molecule has 4 heteroatoms. The SMILES string of the molecule is OC(Cc1ccc(Cl)cc1Cl)CC1CCSCC1. The van der Waals surface area contributed by atoms with Crippen LogP contribution in [0.15, 0.2) is 18.2 Å². The van der Waals surface area contributed by atoms with E-state index >= 15 is 0 Å². The zero-order valence-electron chi connectivity index (χ0n) is 10.2. The molecule has 1 nitrogen and oxygen atoms in total. The Hall–Kier alpha value is 0.110. The van der Waals surface area contributed by atoms with E-state index in [9.17, 15) is 5.11 Å². The van der Waals surface area contributed by atoms with Crippen LogP contribution in [0.4, 0.5) is 0 Å². The van der Waals surface area contributed by atoms with Crippen LogP contribution in [0.3, 0.4) is 0 Å². The molecule has 1 N–H and O–H groups in total. The number of halogens is 2. The van der Waals surface area contributed by atoms with Crippen molar-refractivity contribution in [1.82, 2.24) is 0 Å². The Kier molecular flexibility index (Phi) is 5.68. The van der Waals surface area contributed by atoms with E-state index < -0.39 is 0 Å². The van der Waals surface area contributed by atoms with Crippen molar-refractivity contribution < 1.29 is 5.11 Å². The molecule has 1 aromatic carbocycles. The standard InChI is InChI=1S/C14H18Cl2OS/c15-12-2-1-11(14(16)9-12)8-13(17)7-10-3-5-18-6-4-10/h1-2,9-10,13,17H,3-8H2. The van der Waals surface area contributed by atoms with Gasteiger partial charge in [-0.15, -0.1) is 0 Å². The van der Waals surface area contributed by atoms with Crippen LogP contribution in [0.1, 0.15) is 24.8 Å². The zero-order chi connectivity index (χ0) is 13.0. The molecule has 1 fully saturated rings. The Labute approximate surface area is 123 Å². The first kappa shape index (κ1) is 14.5. The van der Waals surface area contributed by atoms with Gasteiger partial charge in [0.05, 0.1) is 6.10 Å². The predicted octanol–water partition coefficient (Wildman–Crippen LogP) is 4.43. The van der Waals surface area contributed by atoms with Gasteiger partial charge in [-0.2, -0.15) is 11.8 Å². The van der Waals surface area contributed by atoms with Crippen LogP contribution in [0, 0.1) is 5.92 Å². The summed E-state index contributed by atoms with van der Waals surface area (Å²) in [6.45, 7) is 0. The molecule has 1 unspecified atom stereocenters. The number of thioether (sulfide) groups is 1. The molecule has 1 aliphatic rings. The van der Waals surface area contributed by atoms with Crippen molar-refractivity contribution in [3.63, 3.8) is 0 Å². The summed E-state index contributed by atoms with van der Waals surface area (Å²) in [4.78, 5) is 0. The van der Waals surface area contributed by atoms with Gasteiger partial charge in [-0.1, -0.05) is 29.3 Å². The fourth-order valence-electron chi connectivity index (χ4n) is 2.39. The summed E-state index contributed by atoms with van der Waals surface area (Å²) < 4.78 is 0. The van der Waals surface area contributed by atoms with Crippen LogP contribution in [0.25, 0.3) is 0 Å². The molecule has 0 radical (unpaired) electrons. The Balaban J connectivity index is 1.87. The molecule has 1 aromatic rings. The van der Waals surface area contributed by atoms with Gasteiger partial charge in [0.2, 0.25) is 0 Å². The van der Waals surface area contributed by atoms with Crippen molar-refractivity contribution in [3.05, 3.63) is 33.8 Å². The molecule has 0 saturated carbocycles. The summed E-state index contributed by atoms with van der Waals surface area (Å²) in [5.74, 6) is 3.14. The second-order valence-electron chi connectivity index (χ2n) is 4.89. The highest BCUT2D eigenvalue weighted by molar-refractivity contribution is 7.99. The Morgan fingerprint density at radius 2 is 2.00 bits per heavy atom. The smallest absolute Gasteiger partial charge is 0.0583 e. The van der Waals surface area contributed by atoms with Crippen LogP contribution in [0.5, 0.6) is 0 Å². The number of hydrogen-bond donors (Lipinski definition) is 1. The van der Waals surface area contributed by atoms with Crippen LogP contribution >= 0.6 is 35.0 Å². The maximum Gasteiger partial charge on any atom is 0.0583 e. The summed E-state index contributed by atoms with van der Waals surface area (Å²) in [7, 11) is 0. The largest absolute Gasteiger partial charge is 0.393 e. The molecule has 100 valence electrons. The van der Waals surface area contributed by atoms with E-state index in [1.165, 1.54) is 24.3 Å². The van der Waals surface area contributed by atoms with Crippen LogP contribution in [0.2, 0.25) is 10.0 Å². The fraction of sp³-hybridized carbons (Fsp3) is 0.571. The molecule has 1 heterocycles. The second-order valence-corrected chi connectivity index (χ2v) is 6.95. The highest BCUT2D eigenvalue weighted by atomic mass is 35.5.